The van der Waals surface area contributed by atoms with Gasteiger partial charge >= 0.3 is 0 Å². The van der Waals surface area contributed by atoms with E-state index in [0.717, 1.165) is 23.5 Å². The van der Waals surface area contributed by atoms with Gasteiger partial charge in [0.2, 0.25) is 0 Å². The fourth-order valence-corrected chi connectivity index (χ4v) is 3.05. The molecular weight excluding hydrogens is 250 g/mol. The zero-order valence-corrected chi connectivity index (χ0v) is 10.7. The maximum Gasteiger partial charge on any atom is 0.269 e. The van der Waals surface area contributed by atoms with E-state index >= 15 is 0 Å². The van der Waals surface area contributed by atoms with Crippen LogP contribution in [0.2, 0.25) is 0 Å². The monoisotopic (exact) mass is 265 g/mol. The van der Waals surface area contributed by atoms with Gasteiger partial charge in [-0.1, -0.05) is 0 Å². The van der Waals surface area contributed by atoms with Crippen molar-refractivity contribution in [1.29, 1.82) is 5.41 Å². The lowest BCUT2D eigenvalue weighted by molar-refractivity contribution is -0.384. The quantitative estimate of drug-likeness (QED) is 0.272. The molecule has 0 radical (unpaired) electrons. The SMILES string of the molecule is N=C(N)CC1(CSc2ccc([N+](=O)[O-])cc2)CC1. The molecule has 0 spiro atoms. The van der Waals surface area contributed by atoms with E-state index in [2.05, 4.69) is 0 Å². The first kappa shape index (κ1) is 12.9. The number of thioether (sulfide) groups is 1. The minimum Gasteiger partial charge on any atom is -0.388 e. The van der Waals surface area contributed by atoms with Crippen LogP contribution >= 0.6 is 11.8 Å². The van der Waals surface area contributed by atoms with Gasteiger partial charge in [-0.2, -0.15) is 0 Å². The summed E-state index contributed by atoms with van der Waals surface area (Å²) in [6.45, 7) is 0. The van der Waals surface area contributed by atoms with Crippen molar-refractivity contribution in [1.82, 2.24) is 0 Å². The Labute approximate surface area is 109 Å². The average molecular weight is 265 g/mol. The van der Waals surface area contributed by atoms with Crippen LogP contribution in [0.5, 0.6) is 0 Å². The van der Waals surface area contributed by atoms with Crippen LogP contribution in [0, 0.1) is 20.9 Å². The molecule has 0 bridgehead atoms. The molecule has 0 aliphatic heterocycles. The zero-order valence-electron chi connectivity index (χ0n) is 9.89. The third-order valence-electron chi connectivity index (χ3n) is 3.12. The fourth-order valence-electron chi connectivity index (χ4n) is 1.85. The Hall–Kier alpha value is -1.56. The van der Waals surface area contributed by atoms with Gasteiger partial charge in [-0.05, 0) is 30.4 Å². The van der Waals surface area contributed by atoms with Gasteiger partial charge in [0.05, 0.1) is 10.8 Å². The molecule has 0 amide bonds. The van der Waals surface area contributed by atoms with Crippen molar-refractivity contribution in [2.75, 3.05) is 5.75 Å². The van der Waals surface area contributed by atoms with Gasteiger partial charge in [0.1, 0.15) is 0 Å². The predicted molar refractivity (Wildman–Crippen MR) is 72.0 cm³/mol. The molecule has 1 aliphatic carbocycles. The summed E-state index contributed by atoms with van der Waals surface area (Å²) in [5.41, 5.74) is 5.75. The van der Waals surface area contributed by atoms with Gasteiger partial charge in [0, 0.05) is 29.2 Å². The Morgan fingerprint density at radius 1 is 1.44 bits per heavy atom. The molecule has 1 aromatic rings. The maximum absolute atomic E-state index is 10.5. The highest BCUT2D eigenvalue weighted by Crippen LogP contribution is 2.51. The van der Waals surface area contributed by atoms with Crippen molar-refractivity contribution in [3.63, 3.8) is 0 Å². The molecule has 1 fully saturated rings. The smallest absolute Gasteiger partial charge is 0.269 e. The molecule has 1 saturated carbocycles. The standard InChI is InChI=1S/C12H15N3O2S/c13-11(14)7-12(5-6-12)8-18-10-3-1-9(2-4-10)15(16)17/h1-4H,5-8H2,(H3,13,14). The van der Waals surface area contributed by atoms with Gasteiger partial charge in [-0.15, -0.1) is 11.8 Å². The summed E-state index contributed by atoms with van der Waals surface area (Å²) in [6, 6.07) is 6.58. The van der Waals surface area contributed by atoms with Crippen LogP contribution in [-0.4, -0.2) is 16.5 Å². The van der Waals surface area contributed by atoms with Crippen LogP contribution in [0.4, 0.5) is 5.69 Å². The second-order valence-electron chi connectivity index (χ2n) is 4.74. The fraction of sp³-hybridized carbons (Fsp3) is 0.417. The summed E-state index contributed by atoms with van der Waals surface area (Å²) < 4.78 is 0. The van der Waals surface area contributed by atoms with E-state index in [0.29, 0.717) is 6.42 Å². The molecule has 96 valence electrons. The van der Waals surface area contributed by atoms with Crippen molar-refractivity contribution >= 4 is 23.3 Å². The topological polar surface area (TPSA) is 93.0 Å². The molecule has 6 heteroatoms. The molecule has 0 saturated heterocycles. The molecule has 0 unspecified atom stereocenters. The van der Waals surface area contributed by atoms with E-state index < -0.39 is 4.92 Å². The Kier molecular flexibility index (Phi) is 3.56. The third kappa shape index (κ3) is 3.22. The van der Waals surface area contributed by atoms with E-state index in [1.807, 2.05) is 0 Å². The Morgan fingerprint density at radius 3 is 2.50 bits per heavy atom. The number of nitro groups is 1. The van der Waals surface area contributed by atoms with Gasteiger partial charge in [0.15, 0.2) is 0 Å². The molecule has 1 aromatic carbocycles. The first-order valence-electron chi connectivity index (χ1n) is 5.71. The number of nitrogens with zero attached hydrogens (tertiary/aromatic N) is 1. The summed E-state index contributed by atoms with van der Waals surface area (Å²) in [5, 5.41) is 17.9. The van der Waals surface area contributed by atoms with E-state index in [1.54, 1.807) is 23.9 Å². The lowest BCUT2D eigenvalue weighted by Crippen LogP contribution is -2.18. The van der Waals surface area contributed by atoms with E-state index in [4.69, 9.17) is 11.1 Å². The normalized spacial score (nSPS) is 16.2. The molecule has 0 heterocycles. The first-order valence-corrected chi connectivity index (χ1v) is 6.69. The van der Waals surface area contributed by atoms with Gasteiger partial charge < -0.3 is 5.73 Å². The first-order chi connectivity index (χ1) is 8.51. The number of nitrogens with two attached hydrogens (primary N) is 1. The zero-order chi connectivity index (χ0) is 13.2. The van der Waals surface area contributed by atoms with E-state index in [1.165, 1.54) is 12.1 Å². The van der Waals surface area contributed by atoms with Crippen LogP contribution in [0.1, 0.15) is 19.3 Å². The molecular formula is C12H15N3O2S. The molecule has 18 heavy (non-hydrogen) atoms. The van der Waals surface area contributed by atoms with E-state index in [-0.39, 0.29) is 16.9 Å². The summed E-state index contributed by atoms with van der Waals surface area (Å²) in [6.07, 6.45) is 2.89. The number of nitrogens with one attached hydrogen (secondary N) is 1. The Balaban J connectivity index is 1.90. The lowest BCUT2D eigenvalue weighted by Gasteiger charge is -2.13. The van der Waals surface area contributed by atoms with Crippen molar-refractivity contribution in [2.45, 2.75) is 24.2 Å². The van der Waals surface area contributed by atoms with Gasteiger partial charge in [-0.25, -0.2) is 0 Å². The van der Waals surface area contributed by atoms with Crippen LogP contribution < -0.4 is 5.73 Å². The van der Waals surface area contributed by atoms with Gasteiger partial charge in [-0.3, -0.25) is 15.5 Å². The summed E-state index contributed by atoms with van der Waals surface area (Å²) in [7, 11) is 0. The molecule has 0 atom stereocenters. The van der Waals surface area contributed by atoms with Crippen LogP contribution in [0.3, 0.4) is 0 Å². The molecule has 3 N–H and O–H groups in total. The largest absolute Gasteiger partial charge is 0.388 e. The highest BCUT2D eigenvalue weighted by Gasteiger charge is 2.42. The summed E-state index contributed by atoms with van der Waals surface area (Å²) >= 11 is 1.68. The highest BCUT2D eigenvalue weighted by atomic mass is 32.2. The molecule has 5 nitrogen and oxygen atoms in total. The van der Waals surface area contributed by atoms with Crippen LogP contribution in [-0.2, 0) is 0 Å². The van der Waals surface area contributed by atoms with Gasteiger partial charge in [0.25, 0.3) is 5.69 Å². The number of rotatable bonds is 6. The second-order valence-corrected chi connectivity index (χ2v) is 5.79. The minimum absolute atomic E-state index is 0.115. The third-order valence-corrected chi connectivity index (χ3v) is 4.48. The van der Waals surface area contributed by atoms with Crippen molar-refractivity contribution in [3.05, 3.63) is 34.4 Å². The Bertz CT molecular complexity index is 469. The highest BCUT2D eigenvalue weighted by molar-refractivity contribution is 7.99. The van der Waals surface area contributed by atoms with E-state index in [9.17, 15) is 10.1 Å². The number of benzene rings is 1. The number of nitro benzene ring substituents is 1. The van der Waals surface area contributed by atoms with Crippen LogP contribution in [0.15, 0.2) is 29.2 Å². The predicted octanol–water partition coefficient (Wildman–Crippen LogP) is 2.79. The number of hydrogen-bond acceptors (Lipinski definition) is 4. The summed E-state index contributed by atoms with van der Waals surface area (Å²) in [5.74, 6) is 1.17. The minimum atomic E-state index is -0.396. The number of non-ortho nitro benzene ring substituents is 1. The average Bonchev–Trinajstić information content (AvgIpc) is 3.06. The maximum atomic E-state index is 10.5. The number of amidine groups is 1. The molecule has 1 aliphatic rings. The molecule has 0 aromatic heterocycles. The summed E-state index contributed by atoms with van der Waals surface area (Å²) in [4.78, 5) is 11.1. The molecule has 2 rings (SSSR count). The Morgan fingerprint density at radius 2 is 2.06 bits per heavy atom. The lowest BCUT2D eigenvalue weighted by atomic mass is 10.1. The van der Waals surface area contributed by atoms with Crippen molar-refractivity contribution in [3.8, 4) is 0 Å². The second kappa shape index (κ2) is 4.97. The van der Waals surface area contributed by atoms with Crippen LogP contribution in [0.25, 0.3) is 0 Å². The van der Waals surface area contributed by atoms with Crippen molar-refractivity contribution < 1.29 is 4.92 Å². The number of hydrogen-bond donors (Lipinski definition) is 2. The van der Waals surface area contributed by atoms with Crippen molar-refractivity contribution in [2.24, 2.45) is 11.1 Å².